The number of rotatable bonds is 7. The number of carbonyl (C=O) groups is 1. The minimum Gasteiger partial charge on any atom is -0.377 e. The number of anilines is 1. The largest absolute Gasteiger partial charge is 0.377 e. The molecule has 0 spiro atoms. The normalized spacial score (nSPS) is 18.0. The SMILES string of the molecule is CN(C)C1(C)CNCCc2cc(S(=O)(=O)c3ccc(C=O)cc3)ccc21.CN1CCc2cc(N(C)C)c(S(=O)(=O)c3ccc(Br)cc3)cc2CC1. The van der Waals surface area contributed by atoms with Crippen LogP contribution in [0.3, 0.4) is 0 Å². The van der Waals surface area contributed by atoms with Crippen LogP contribution in [-0.2, 0) is 44.5 Å². The Hall–Kier alpha value is -3.39. The summed E-state index contributed by atoms with van der Waals surface area (Å²) in [5.41, 5.74) is 5.62. The molecule has 1 N–H and O–H groups in total. The fraction of sp³-hybridized carbons (Fsp3) is 0.359. The molecule has 2 aliphatic heterocycles. The van der Waals surface area contributed by atoms with Crippen molar-refractivity contribution in [2.45, 2.75) is 51.3 Å². The van der Waals surface area contributed by atoms with Crippen molar-refractivity contribution in [1.82, 2.24) is 15.1 Å². The van der Waals surface area contributed by atoms with Crippen LogP contribution >= 0.6 is 15.9 Å². The van der Waals surface area contributed by atoms with Crippen LogP contribution in [0.4, 0.5) is 5.69 Å². The van der Waals surface area contributed by atoms with Gasteiger partial charge in [-0.1, -0.05) is 34.1 Å². The van der Waals surface area contributed by atoms with Gasteiger partial charge in [0.2, 0.25) is 19.7 Å². The summed E-state index contributed by atoms with van der Waals surface area (Å²) in [5, 5.41) is 3.44. The van der Waals surface area contributed by atoms with Gasteiger partial charge in [0, 0.05) is 43.8 Å². The minimum atomic E-state index is -3.62. The van der Waals surface area contributed by atoms with Gasteiger partial charge in [0.1, 0.15) is 6.29 Å². The standard InChI is InChI=1S/C20H24N2O3S.C19H23BrN2O2S/c1-20(22(2)3)14-21-11-10-16-12-18(8-9-19(16)20)26(24,25)17-6-4-15(13-23)5-7-17;1-21(2)18-12-14-8-10-22(3)11-9-15(14)13-19(18)25(23,24)17-6-4-16(20)5-7-17/h4-9,12-13,21H,10-11,14H2,1-3H3;4-7,12-13H,8-11H2,1-3H3. The zero-order valence-corrected chi connectivity index (χ0v) is 33.3. The van der Waals surface area contributed by atoms with E-state index in [1.165, 1.54) is 29.8 Å². The first kappa shape index (κ1) is 38.8. The summed E-state index contributed by atoms with van der Waals surface area (Å²) in [5.74, 6) is 0. The van der Waals surface area contributed by atoms with Crippen molar-refractivity contribution in [3.05, 3.63) is 111 Å². The average molecular weight is 796 g/mol. The molecule has 0 amide bonds. The zero-order valence-electron chi connectivity index (χ0n) is 30.1. The summed E-state index contributed by atoms with van der Waals surface area (Å²) >= 11 is 3.36. The minimum absolute atomic E-state index is 0.195. The Morgan fingerprint density at radius 3 is 1.90 bits per heavy atom. The molecular formula is C39H47BrN4O5S2. The van der Waals surface area contributed by atoms with E-state index < -0.39 is 19.7 Å². The number of benzene rings is 4. The maximum atomic E-state index is 13.3. The fourth-order valence-corrected chi connectivity index (χ4v) is 9.68. The summed E-state index contributed by atoms with van der Waals surface area (Å²) in [7, 11) is 2.79. The Balaban J connectivity index is 0.000000198. The number of fused-ring (bicyclic) bond motifs is 2. The first-order valence-corrected chi connectivity index (χ1v) is 20.7. The molecule has 1 unspecified atom stereocenters. The average Bonchev–Trinajstić information content (AvgIpc) is 3.41. The molecule has 6 rings (SSSR count). The highest BCUT2D eigenvalue weighted by Crippen LogP contribution is 2.35. The van der Waals surface area contributed by atoms with Crippen molar-refractivity contribution < 1.29 is 21.6 Å². The lowest BCUT2D eigenvalue weighted by atomic mass is 9.87. The molecule has 0 aromatic heterocycles. The highest BCUT2D eigenvalue weighted by Gasteiger charge is 2.34. The van der Waals surface area contributed by atoms with Crippen LogP contribution in [-0.4, -0.2) is 94.3 Å². The molecule has 272 valence electrons. The first-order chi connectivity index (χ1) is 24.1. The molecule has 2 heterocycles. The molecule has 1 atom stereocenters. The molecule has 12 heteroatoms. The van der Waals surface area contributed by atoms with Crippen LogP contribution < -0.4 is 10.2 Å². The van der Waals surface area contributed by atoms with Crippen LogP contribution in [0.15, 0.2) is 103 Å². The topological polar surface area (TPSA) is 107 Å². The van der Waals surface area contributed by atoms with Gasteiger partial charge in [0.25, 0.3) is 0 Å². The van der Waals surface area contributed by atoms with Gasteiger partial charge in [-0.3, -0.25) is 9.69 Å². The predicted molar refractivity (Wildman–Crippen MR) is 207 cm³/mol. The van der Waals surface area contributed by atoms with Crippen LogP contribution in [0, 0.1) is 0 Å². The maximum Gasteiger partial charge on any atom is 0.208 e. The zero-order chi connectivity index (χ0) is 37.1. The van der Waals surface area contributed by atoms with E-state index >= 15 is 0 Å². The molecule has 0 radical (unpaired) electrons. The Kier molecular flexibility index (Phi) is 11.9. The van der Waals surface area contributed by atoms with E-state index in [2.05, 4.69) is 51.1 Å². The van der Waals surface area contributed by atoms with E-state index in [0.717, 1.165) is 72.3 Å². The lowest BCUT2D eigenvalue weighted by Gasteiger charge is -2.37. The van der Waals surface area contributed by atoms with Crippen LogP contribution in [0.1, 0.15) is 39.5 Å². The van der Waals surface area contributed by atoms with Gasteiger partial charge in [0.15, 0.2) is 0 Å². The van der Waals surface area contributed by atoms with Crippen molar-refractivity contribution in [2.24, 2.45) is 0 Å². The second-order valence-corrected chi connectivity index (χ2v) is 18.6. The van der Waals surface area contributed by atoms with Crippen molar-refractivity contribution in [1.29, 1.82) is 0 Å². The Morgan fingerprint density at radius 1 is 0.745 bits per heavy atom. The van der Waals surface area contributed by atoms with Crippen molar-refractivity contribution in [3.63, 3.8) is 0 Å². The van der Waals surface area contributed by atoms with Crippen LogP contribution in [0.2, 0.25) is 0 Å². The first-order valence-electron chi connectivity index (χ1n) is 16.9. The maximum absolute atomic E-state index is 13.3. The molecule has 2 aliphatic rings. The monoisotopic (exact) mass is 794 g/mol. The van der Waals surface area contributed by atoms with Gasteiger partial charge in [-0.05, 0) is 137 Å². The molecule has 0 saturated heterocycles. The van der Waals surface area contributed by atoms with Gasteiger partial charge in [0.05, 0.1) is 30.8 Å². The number of hydrogen-bond donors (Lipinski definition) is 1. The smallest absolute Gasteiger partial charge is 0.208 e. The highest BCUT2D eigenvalue weighted by atomic mass is 79.9. The van der Waals surface area contributed by atoms with Gasteiger partial charge in [-0.25, -0.2) is 16.8 Å². The molecule has 51 heavy (non-hydrogen) atoms. The third kappa shape index (κ3) is 8.32. The third-order valence-corrected chi connectivity index (χ3v) is 14.1. The Bertz CT molecular complexity index is 2100. The quantitative estimate of drug-likeness (QED) is 0.238. The van der Waals surface area contributed by atoms with Crippen molar-refractivity contribution in [3.8, 4) is 0 Å². The third-order valence-electron chi connectivity index (χ3n) is 10.0. The number of sulfone groups is 2. The molecule has 9 nitrogen and oxygen atoms in total. The fourth-order valence-electron chi connectivity index (χ4n) is 6.54. The lowest BCUT2D eigenvalue weighted by Crippen LogP contribution is -2.45. The van der Waals surface area contributed by atoms with Crippen molar-refractivity contribution >= 4 is 47.6 Å². The Morgan fingerprint density at radius 2 is 1.31 bits per heavy atom. The molecular weight excluding hydrogens is 748 g/mol. The van der Waals surface area contributed by atoms with Crippen LogP contribution in [0.25, 0.3) is 0 Å². The molecule has 0 bridgehead atoms. The second-order valence-electron chi connectivity index (χ2n) is 13.8. The molecule has 4 aromatic rings. The number of hydrogen-bond acceptors (Lipinski definition) is 9. The van der Waals surface area contributed by atoms with E-state index in [9.17, 15) is 21.6 Å². The number of nitrogens with one attached hydrogen (secondary N) is 1. The number of halogens is 1. The Labute approximate surface area is 311 Å². The van der Waals surface area contributed by atoms with Gasteiger partial charge in [-0.15, -0.1) is 0 Å². The van der Waals surface area contributed by atoms with E-state index in [4.69, 9.17) is 0 Å². The van der Waals surface area contributed by atoms with Gasteiger partial charge < -0.3 is 15.1 Å². The van der Waals surface area contributed by atoms with Crippen molar-refractivity contribution in [2.75, 3.05) is 66.3 Å². The summed E-state index contributed by atoms with van der Waals surface area (Å²) in [4.78, 5) is 18.3. The summed E-state index contributed by atoms with van der Waals surface area (Å²) < 4.78 is 53.3. The molecule has 0 fully saturated rings. The van der Waals surface area contributed by atoms with E-state index in [1.807, 2.05) is 45.2 Å². The summed E-state index contributed by atoms with van der Waals surface area (Å²) in [6.45, 7) is 5.74. The predicted octanol–water partition coefficient (Wildman–Crippen LogP) is 5.63. The number of aldehydes is 1. The molecule has 0 aliphatic carbocycles. The highest BCUT2D eigenvalue weighted by molar-refractivity contribution is 9.10. The number of carbonyl (C=O) groups excluding carboxylic acids is 1. The van der Waals surface area contributed by atoms with E-state index in [-0.39, 0.29) is 15.3 Å². The molecule has 4 aromatic carbocycles. The number of likely N-dealkylation sites (N-methyl/N-ethyl adjacent to an activating group) is 2. The lowest BCUT2D eigenvalue weighted by molar-refractivity contribution is 0.112. The summed E-state index contributed by atoms with van der Waals surface area (Å²) in [6, 6.07) is 22.2. The number of nitrogens with zero attached hydrogens (tertiary/aromatic N) is 3. The van der Waals surface area contributed by atoms with E-state index in [1.54, 1.807) is 36.4 Å². The summed E-state index contributed by atoms with van der Waals surface area (Å²) in [6.07, 6.45) is 3.31. The van der Waals surface area contributed by atoms with Crippen LogP contribution in [0.5, 0.6) is 0 Å². The van der Waals surface area contributed by atoms with Gasteiger partial charge >= 0.3 is 0 Å². The second kappa shape index (κ2) is 15.7. The molecule has 0 saturated carbocycles. The van der Waals surface area contributed by atoms with E-state index in [0.29, 0.717) is 21.6 Å². The van der Waals surface area contributed by atoms with Gasteiger partial charge in [-0.2, -0.15) is 0 Å².